The second-order valence-electron chi connectivity index (χ2n) is 5.08. The molecule has 0 saturated carbocycles. The SMILES string of the molecule is OCC1(N2CCNCC2)COCc2ccccc21. The minimum absolute atomic E-state index is 0.115. The Bertz CT molecular complexity index is 418. The van der Waals surface area contributed by atoms with E-state index in [0.717, 1.165) is 26.2 Å². The average molecular weight is 248 g/mol. The molecule has 1 atom stereocenters. The van der Waals surface area contributed by atoms with Crippen molar-refractivity contribution in [3.8, 4) is 0 Å². The zero-order valence-electron chi connectivity index (χ0n) is 10.6. The molecule has 98 valence electrons. The van der Waals surface area contributed by atoms with Crippen LogP contribution in [0.4, 0.5) is 0 Å². The molecule has 3 rings (SSSR count). The van der Waals surface area contributed by atoms with Crippen LogP contribution in [0.2, 0.25) is 0 Å². The third-order valence-electron chi connectivity index (χ3n) is 4.10. The van der Waals surface area contributed by atoms with Gasteiger partial charge in [0.25, 0.3) is 0 Å². The fourth-order valence-corrected chi connectivity index (χ4v) is 3.09. The van der Waals surface area contributed by atoms with Crippen LogP contribution in [-0.4, -0.2) is 49.4 Å². The second kappa shape index (κ2) is 4.97. The Morgan fingerprint density at radius 1 is 1.28 bits per heavy atom. The molecule has 18 heavy (non-hydrogen) atoms. The van der Waals surface area contributed by atoms with Crippen LogP contribution in [0.25, 0.3) is 0 Å². The van der Waals surface area contributed by atoms with Crippen molar-refractivity contribution >= 4 is 0 Å². The standard InChI is InChI=1S/C14H20N2O2/c17-10-14(16-7-5-15-6-8-16)11-18-9-12-3-1-2-4-13(12)14/h1-4,15,17H,5-11H2. The van der Waals surface area contributed by atoms with E-state index in [0.29, 0.717) is 13.2 Å². The molecule has 1 aromatic rings. The minimum Gasteiger partial charge on any atom is -0.394 e. The van der Waals surface area contributed by atoms with Gasteiger partial charge >= 0.3 is 0 Å². The van der Waals surface area contributed by atoms with E-state index < -0.39 is 0 Å². The number of nitrogens with zero attached hydrogens (tertiary/aromatic N) is 1. The Kier molecular flexibility index (Phi) is 3.35. The van der Waals surface area contributed by atoms with Crippen molar-refractivity contribution in [2.24, 2.45) is 0 Å². The molecule has 1 fully saturated rings. The Morgan fingerprint density at radius 2 is 2.06 bits per heavy atom. The fourth-order valence-electron chi connectivity index (χ4n) is 3.09. The van der Waals surface area contributed by atoms with Gasteiger partial charge in [0, 0.05) is 26.2 Å². The number of hydrogen-bond donors (Lipinski definition) is 2. The van der Waals surface area contributed by atoms with Gasteiger partial charge in [-0.3, -0.25) is 4.90 Å². The molecule has 0 aromatic heterocycles. The zero-order chi connectivity index (χ0) is 12.4. The molecule has 2 aliphatic heterocycles. The Balaban J connectivity index is 2.01. The maximum Gasteiger partial charge on any atom is 0.0935 e. The lowest BCUT2D eigenvalue weighted by Crippen LogP contribution is -2.59. The summed E-state index contributed by atoms with van der Waals surface area (Å²) in [7, 11) is 0. The van der Waals surface area contributed by atoms with Gasteiger partial charge in [0.05, 0.1) is 25.4 Å². The lowest BCUT2D eigenvalue weighted by atomic mass is 9.84. The number of ether oxygens (including phenoxy) is 1. The minimum atomic E-state index is -0.350. The first kappa shape index (κ1) is 12.1. The van der Waals surface area contributed by atoms with E-state index in [1.165, 1.54) is 11.1 Å². The van der Waals surface area contributed by atoms with Gasteiger partial charge in [-0.25, -0.2) is 0 Å². The Hall–Kier alpha value is -0.940. The van der Waals surface area contributed by atoms with Crippen LogP contribution in [0.5, 0.6) is 0 Å². The summed E-state index contributed by atoms with van der Waals surface area (Å²) in [6, 6.07) is 8.32. The van der Waals surface area contributed by atoms with E-state index in [2.05, 4.69) is 28.4 Å². The first-order chi connectivity index (χ1) is 8.87. The van der Waals surface area contributed by atoms with E-state index in [4.69, 9.17) is 4.74 Å². The Labute approximate surface area is 108 Å². The van der Waals surface area contributed by atoms with Crippen LogP contribution in [0.3, 0.4) is 0 Å². The summed E-state index contributed by atoms with van der Waals surface area (Å²) in [5, 5.41) is 13.4. The van der Waals surface area contributed by atoms with Crippen molar-refractivity contribution < 1.29 is 9.84 Å². The number of benzene rings is 1. The highest BCUT2D eigenvalue weighted by Gasteiger charge is 2.42. The maximum absolute atomic E-state index is 10.00. The first-order valence-electron chi connectivity index (χ1n) is 6.59. The molecule has 1 aromatic carbocycles. The van der Waals surface area contributed by atoms with Crippen LogP contribution in [-0.2, 0) is 16.9 Å². The smallest absolute Gasteiger partial charge is 0.0935 e. The van der Waals surface area contributed by atoms with Crippen molar-refractivity contribution in [1.29, 1.82) is 0 Å². The predicted octanol–water partition coefficient (Wildman–Crippen LogP) is 0.310. The van der Waals surface area contributed by atoms with Crippen molar-refractivity contribution in [2.45, 2.75) is 12.1 Å². The molecule has 0 spiro atoms. The lowest BCUT2D eigenvalue weighted by molar-refractivity contribution is -0.0685. The average Bonchev–Trinajstić information content (AvgIpc) is 2.47. The lowest BCUT2D eigenvalue weighted by Gasteiger charge is -2.47. The van der Waals surface area contributed by atoms with Gasteiger partial charge in [-0.05, 0) is 11.1 Å². The molecule has 4 heteroatoms. The van der Waals surface area contributed by atoms with Crippen molar-refractivity contribution in [3.05, 3.63) is 35.4 Å². The van der Waals surface area contributed by atoms with Gasteiger partial charge in [-0.15, -0.1) is 0 Å². The number of piperazine rings is 1. The highest BCUT2D eigenvalue weighted by molar-refractivity contribution is 5.35. The summed E-state index contributed by atoms with van der Waals surface area (Å²) < 4.78 is 5.73. The van der Waals surface area contributed by atoms with Gasteiger partial charge in [-0.2, -0.15) is 0 Å². The maximum atomic E-state index is 10.00. The zero-order valence-corrected chi connectivity index (χ0v) is 10.6. The molecule has 0 aliphatic carbocycles. The highest BCUT2D eigenvalue weighted by atomic mass is 16.5. The molecule has 2 aliphatic rings. The molecule has 1 saturated heterocycles. The second-order valence-corrected chi connectivity index (χ2v) is 5.08. The molecule has 1 unspecified atom stereocenters. The number of hydrogen-bond acceptors (Lipinski definition) is 4. The monoisotopic (exact) mass is 248 g/mol. The first-order valence-corrected chi connectivity index (χ1v) is 6.59. The quantitative estimate of drug-likeness (QED) is 0.790. The highest BCUT2D eigenvalue weighted by Crippen LogP contribution is 2.35. The summed E-state index contributed by atoms with van der Waals surface area (Å²) in [6.07, 6.45) is 0. The summed E-state index contributed by atoms with van der Waals surface area (Å²) >= 11 is 0. The molecule has 2 heterocycles. The third kappa shape index (κ3) is 1.86. The van der Waals surface area contributed by atoms with Crippen LogP contribution >= 0.6 is 0 Å². The van der Waals surface area contributed by atoms with E-state index in [1.807, 2.05) is 6.07 Å². The third-order valence-corrected chi connectivity index (χ3v) is 4.10. The number of fused-ring (bicyclic) bond motifs is 1. The van der Waals surface area contributed by atoms with Crippen LogP contribution in [0.1, 0.15) is 11.1 Å². The largest absolute Gasteiger partial charge is 0.394 e. The Morgan fingerprint density at radius 3 is 2.83 bits per heavy atom. The molecule has 0 radical (unpaired) electrons. The van der Waals surface area contributed by atoms with Gasteiger partial charge < -0.3 is 15.2 Å². The van der Waals surface area contributed by atoms with Gasteiger partial charge in [0.2, 0.25) is 0 Å². The van der Waals surface area contributed by atoms with Gasteiger partial charge in [-0.1, -0.05) is 24.3 Å². The molecule has 0 amide bonds. The summed E-state index contributed by atoms with van der Waals surface area (Å²) in [5.74, 6) is 0. The van der Waals surface area contributed by atoms with Crippen molar-refractivity contribution in [1.82, 2.24) is 10.2 Å². The molecule has 4 nitrogen and oxygen atoms in total. The molecular weight excluding hydrogens is 228 g/mol. The van der Waals surface area contributed by atoms with Gasteiger partial charge in [0.1, 0.15) is 0 Å². The van der Waals surface area contributed by atoms with E-state index in [-0.39, 0.29) is 12.1 Å². The molecule has 2 N–H and O–H groups in total. The summed E-state index contributed by atoms with van der Waals surface area (Å²) in [5.41, 5.74) is 2.09. The normalized spacial score (nSPS) is 28.9. The van der Waals surface area contributed by atoms with E-state index in [9.17, 15) is 5.11 Å². The molecule has 0 bridgehead atoms. The number of aliphatic hydroxyl groups is 1. The number of aliphatic hydroxyl groups excluding tert-OH is 1. The summed E-state index contributed by atoms with van der Waals surface area (Å²) in [6.45, 7) is 5.22. The van der Waals surface area contributed by atoms with Crippen LogP contribution in [0.15, 0.2) is 24.3 Å². The van der Waals surface area contributed by atoms with E-state index >= 15 is 0 Å². The topological polar surface area (TPSA) is 44.7 Å². The van der Waals surface area contributed by atoms with E-state index in [1.54, 1.807) is 0 Å². The summed E-state index contributed by atoms with van der Waals surface area (Å²) in [4.78, 5) is 2.36. The van der Waals surface area contributed by atoms with Crippen molar-refractivity contribution in [2.75, 3.05) is 39.4 Å². The number of rotatable bonds is 2. The van der Waals surface area contributed by atoms with Gasteiger partial charge in [0.15, 0.2) is 0 Å². The van der Waals surface area contributed by atoms with Crippen LogP contribution in [0, 0.1) is 0 Å². The molecular formula is C14H20N2O2. The predicted molar refractivity (Wildman–Crippen MR) is 69.3 cm³/mol. The van der Waals surface area contributed by atoms with Crippen LogP contribution < -0.4 is 5.32 Å². The fraction of sp³-hybridized carbons (Fsp3) is 0.571. The van der Waals surface area contributed by atoms with Crippen molar-refractivity contribution in [3.63, 3.8) is 0 Å². The number of nitrogens with one attached hydrogen (secondary N) is 1.